The molecule has 0 saturated heterocycles. The zero-order chi connectivity index (χ0) is 14.9. The minimum atomic E-state index is 0.168. The van der Waals surface area contributed by atoms with Crippen molar-refractivity contribution in [2.24, 2.45) is 5.41 Å². The normalized spacial score (nSPS) is 15.8. The van der Waals surface area contributed by atoms with E-state index in [9.17, 15) is 5.11 Å². The molecular formula is C16H36N2O. The van der Waals surface area contributed by atoms with Gasteiger partial charge in [-0.2, -0.15) is 0 Å². The predicted molar refractivity (Wildman–Crippen MR) is 84.6 cm³/mol. The van der Waals surface area contributed by atoms with Crippen molar-refractivity contribution in [2.45, 2.75) is 66.3 Å². The van der Waals surface area contributed by atoms with Crippen molar-refractivity contribution in [3.05, 3.63) is 0 Å². The molecule has 3 heteroatoms. The standard InChI is InChI=1S/C16H36N2O/c1-7-9-10-18(11-12-19)14-16(6,8-2)13-17-15(3,4)5/h17,19H,7-14H2,1-6H3. The van der Waals surface area contributed by atoms with Gasteiger partial charge in [0.2, 0.25) is 0 Å². The van der Waals surface area contributed by atoms with Crippen molar-refractivity contribution >= 4 is 0 Å². The minimum Gasteiger partial charge on any atom is -0.395 e. The van der Waals surface area contributed by atoms with Gasteiger partial charge >= 0.3 is 0 Å². The van der Waals surface area contributed by atoms with E-state index in [0.717, 1.165) is 32.6 Å². The van der Waals surface area contributed by atoms with E-state index < -0.39 is 0 Å². The van der Waals surface area contributed by atoms with Gasteiger partial charge in [-0.15, -0.1) is 0 Å². The van der Waals surface area contributed by atoms with Gasteiger partial charge in [-0.05, 0) is 45.6 Å². The summed E-state index contributed by atoms with van der Waals surface area (Å²) in [6.07, 6.45) is 3.58. The van der Waals surface area contributed by atoms with E-state index in [-0.39, 0.29) is 17.6 Å². The first kappa shape index (κ1) is 18.9. The molecule has 1 atom stereocenters. The van der Waals surface area contributed by atoms with Gasteiger partial charge in [0.1, 0.15) is 0 Å². The maximum absolute atomic E-state index is 9.21. The fourth-order valence-corrected chi connectivity index (χ4v) is 2.10. The van der Waals surface area contributed by atoms with Gasteiger partial charge in [-0.1, -0.05) is 27.2 Å². The molecule has 0 aromatic carbocycles. The maximum atomic E-state index is 9.21. The quantitative estimate of drug-likeness (QED) is 0.642. The number of nitrogens with one attached hydrogen (secondary N) is 1. The molecule has 0 aromatic heterocycles. The van der Waals surface area contributed by atoms with Crippen molar-refractivity contribution in [1.29, 1.82) is 0 Å². The van der Waals surface area contributed by atoms with E-state index in [1.54, 1.807) is 0 Å². The van der Waals surface area contributed by atoms with E-state index in [0.29, 0.717) is 0 Å². The van der Waals surface area contributed by atoms with Crippen molar-refractivity contribution in [2.75, 3.05) is 32.8 Å². The van der Waals surface area contributed by atoms with E-state index in [4.69, 9.17) is 0 Å². The van der Waals surface area contributed by atoms with E-state index >= 15 is 0 Å². The predicted octanol–water partition coefficient (Wildman–Crippen LogP) is 2.89. The zero-order valence-electron chi connectivity index (χ0n) is 14.1. The molecule has 3 nitrogen and oxygen atoms in total. The van der Waals surface area contributed by atoms with Crippen LogP contribution in [0.3, 0.4) is 0 Å². The molecule has 0 aromatic rings. The van der Waals surface area contributed by atoms with Gasteiger partial charge in [0, 0.05) is 25.2 Å². The number of nitrogens with zero attached hydrogens (tertiary/aromatic N) is 1. The first-order chi connectivity index (χ1) is 8.76. The van der Waals surface area contributed by atoms with Crippen LogP contribution in [0.25, 0.3) is 0 Å². The third-order valence-electron chi connectivity index (χ3n) is 3.75. The largest absolute Gasteiger partial charge is 0.395 e. The van der Waals surface area contributed by atoms with E-state index in [1.807, 2.05) is 0 Å². The summed E-state index contributed by atoms with van der Waals surface area (Å²) >= 11 is 0. The smallest absolute Gasteiger partial charge is 0.0558 e. The van der Waals surface area contributed by atoms with Gasteiger partial charge < -0.3 is 15.3 Å². The van der Waals surface area contributed by atoms with Crippen LogP contribution < -0.4 is 5.32 Å². The van der Waals surface area contributed by atoms with Crippen LogP contribution in [-0.2, 0) is 0 Å². The summed E-state index contributed by atoms with van der Waals surface area (Å²) in [5.41, 5.74) is 0.442. The monoisotopic (exact) mass is 272 g/mol. The van der Waals surface area contributed by atoms with Crippen LogP contribution in [0, 0.1) is 5.41 Å². The number of unbranched alkanes of at least 4 members (excludes halogenated alkanes) is 1. The van der Waals surface area contributed by atoms with Crippen LogP contribution in [0.5, 0.6) is 0 Å². The Morgan fingerprint density at radius 3 is 2.11 bits per heavy atom. The van der Waals surface area contributed by atoms with Crippen molar-refractivity contribution in [3.8, 4) is 0 Å². The lowest BCUT2D eigenvalue weighted by Gasteiger charge is -2.37. The number of aliphatic hydroxyl groups excluding tert-OH is 1. The summed E-state index contributed by atoms with van der Waals surface area (Å²) in [6, 6.07) is 0. The average molecular weight is 272 g/mol. The first-order valence-electron chi connectivity index (χ1n) is 7.84. The average Bonchev–Trinajstić information content (AvgIpc) is 2.33. The summed E-state index contributed by atoms with van der Waals surface area (Å²) in [5, 5.41) is 12.8. The highest BCUT2D eigenvalue weighted by Crippen LogP contribution is 2.23. The third kappa shape index (κ3) is 9.42. The molecule has 0 aliphatic rings. The zero-order valence-corrected chi connectivity index (χ0v) is 14.1. The van der Waals surface area contributed by atoms with E-state index in [1.165, 1.54) is 12.8 Å². The van der Waals surface area contributed by atoms with Crippen LogP contribution in [-0.4, -0.2) is 48.3 Å². The van der Waals surface area contributed by atoms with E-state index in [2.05, 4.69) is 51.8 Å². The summed E-state index contributed by atoms with van der Waals surface area (Å²) in [7, 11) is 0. The van der Waals surface area contributed by atoms with Gasteiger partial charge in [-0.25, -0.2) is 0 Å². The highest BCUT2D eigenvalue weighted by atomic mass is 16.3. The highest BCUT2D eigenvalue weighted by molar-refractivity contribution is 4.83. The molecular weight excluding hydrogens is 236 g/mol. The maximum Gasteiger partial charge on any atom is 0.0558 e. The van der Waals surface area contributed by atoms with Gasteiger partial charge in [0.25, 0.3) is 0 Å². The molecule has 0 spiro atoms. The van der Waals surface area contributed by atoms with Crippen molar-refractivity contribution in [1.82, 2.24) is 10.2 Å². The van der Waals surface area contributed by atoms with Gasteiger partial charge in [0.15, 0.2) is 0 Å². The number of hydrogen-bond acceptors (Lipinski definition) is 3. The fourth-order valence-electron chi connectivity index (χ4n) is 2.10. The highest BCUT2D eigenvalue weighted by Gasteiger charge is 2.26. The lowest BCUT2D eigenvalue weighted by Crippen LogP contribution is -2.48. The minimum absolute atomic E-state index is 0.168. The summed E-state index contributed by atoms with van der Waals surface area (Å²) < 4.78 is 0. The molecule has 0 radical (unpaired) electrons. The van der Waals surface area contributed by atoms with Crippen LogP contribution in [0.2, 0.25) is 0 Å². The SMILES string of the molecule is CCCCN(CCO)CC(C)(CC)CNC(C)(C)C. The molecule has 0 aliphatic carbocycles. The van der Waals surface area contributed by atoms with Crippen LogP contribution in [0.15, 0.2) is 0 Å². The Balaban J connectivity index is 4.44. The Morgan fingerprint density at radius 2 is 1.68 bits per heavy atom. The lowest BCUT2D eigenvalue weighted by atomic mass is 9.85. The molecule has 0 rings (SSSR count). The Hall–Kier alpha value is -0.120. The summed E-state index contributed by atoms with van der Waals surface area (Å²) in [6.45, 7) is 17.7. The Kier molecular flexibility index (Phi) is 8.88. The molecule has 0 saturated carbocycles. The summed E-state index contributed by atoms with van der Waals surface area (Å²) in [5.74, 6) is 0. The molecule has 0 heterocycles. The molecule has 0 amide bonds. The first-order valence-corrected chi connectivity index (χ1v) is 7.84. The molecule has 2 N–H and O–H groups in total. The lowest BCUT2D eigenvalue weighted by molar-refractivity contribution is 0.122. The summed E-state index contributed by atoms with van der Waals surface area (Å²) in [4.78, 5) is 2.41. The van der Waals surface area contributed by atoms with Gasteiger partial charge in [0.05, 0.1) is 6.61 Å². The van der Waals surface area contributed by atoms with Crippen LogP contribution in [0.4, 0.5) is 0 Å². The molecule has 0 aliphatic heterocycles. The fraction of sp³-hybridized carbons (Fsp3) is 1.00. The van der Waals surface area contributed by atoms with Crippen LogP contribution in [0.1, 0.15) is 60.8 Å². The topological polar surface area (TPSA) is 35.5 Å². The van der Waals surface area contributed by atoms with Gasteiger partial charge in [-0.3, -0.25) is 0 Å². The number of hydrogen-bond donors (Lipinski definition) is 2. The van der Waals surface area contributed by atoms with Crippen LogP contribution >= 0.6 is 0 Å². The second-order valence-corrected chi connectivity index (χ2v) is 7.12. The second kappa shape index (κ2) is 8.93. The Labute approximate surface area is 120 Å². The van der Waals surface area contributed by atoms with Crippen molar-refractivity contribution < 1.29 is 5.11 Å². The molecule has 1 unspecified atom stereocenters. The third-order valence-corrected chi connectivity index (χ3v) is 3.75. The number of aliphatic hydroxyl groups is 1. The molecule has 0 fully saturated rings. The Morgan fingerprint density at radius 1 is 1.05 bits per heavy atom. The Bertz CT molecular complexity index is 225. The molecule has 0 bridgehead atoms. The van der Waals surface area contributed by atoms with Crippen molar-refractivity contribution in [3.63, 3.8) is 0 Å². The second-order valence-electron chi connectivity index (χ2n) is 7.12. The molecule has 116 valence electrons. The number of rotatable bonds is 10. The molecule has 19 heavy (non-hydrogen) atoms.